The lowest BCUT2D eigenvalue weighted by molar-refractivity contribution is 0.516. The maximum atomic E-state index is 5.47. The minimum absolute atomic E-state index is 0.499. The summed E-state index contributed by atoms with van der Waals surface area (Å²) >= 11 is 0. The summed E-state index contributed by atoms with van der Waals surface area (Å²) in [6.45, 7) is 0. The molecule has 2 aromatic carbocycles. The Balaban J connectivity index is 1.81. The van der Waals surface area contributed by atoms with E-state index in [9.17, 15) is 0 Å². The van der Waals surface area contributed by atoms with Gasteiger partial charge in [0.15, 0.2) is 11.5 Å². The van der Waals surface area contributed by atoms with Crippen molar-refractivity contribution >= 4 is 9.03 Å². The van der Waals surface area contributed by atoms with Crippen LogP contribution in [0.15, 0.2) is 60.7 Å². The van der Waals surface area contributed by atoms with E-state index in [1.54, 1.807) is 0 Å². The lowest BCUT2D eigenvalue weighted by Crippen LogP contribution is -1.83. The molecule has 0 atom stereocenters. The van der Waals surface area contributed by atoms with E-state index in [-0.39, 0.29) is 0 Å². The summed E-state index contributed by atoms with van der Waals surface area (Å²) in [6, 6.07) is 19.4. The lowest BCUT2D eigenvalue weighted by Gasteiger charge is -1.98. The topological polar surface area (TPSA) is 18.5 Å². The number of para-hydroxylation sites is 2. The highest BCUT2D eigenvalue weighted by Crippen LogP contribution is 2.23. The van der Waals surface area contributed by atoms with E-state index < -0.39 is 9.03 Å². The van der Waals surface area contributed by atoms with Crippen molar-refractivity contribution in [1.29, 1.82) is 0 Å². The number of hydrogen-bond acceptors (Lipinski definition) is 2. The van der Waals surface area contributed by atoms with Crippen LogP contribution >= 0.6 is 9.03 Å². The van der Waals surface area contributed by atoms with E-state index in [1.165, 1.54) is 0 Å². The first-order valence-corrected chi connectivity index (χ1v) is 5.64. The second-order valence-corrected chi connectivity index (χ2v) is 3.62. The Labute approximate surface area is 90.8 Å². The molecule has 0 N–H and O–H groups in total. The minimum atomic E-state index is -0.499. The Bertz CT molecular complexity index is 349. The molecule has 2 nitrogen and oxygen atoms in total. The summed E-state index contributed by atoms with van der Waals surface area (Å²) < 4.78 is 10.9. The van der Waals surface area contributed by atoms with Crippen molar-refractivity contribution in [2.45, 2.75) is 0 Å². The highest BCUT2D eigenvalue weighted by atomic mass is 31.1. The third-order valence-electron chi connectivity index (χ3n) is 1.85. The third kappa shape index (κ3) is 3.26. The van der Waals surface area contributed by atoms with Crippen LogP contribution in [0.5, 0.6) is 11.5 Å². The van der Waals surface area contributed by atoms with E-state index in [4.69, 9.17) is 9.05 Å². The fraction of sp³-hybridized carbons (Fsp3) is 0. The summed E-state index contributed by atoms with van der Waals surface area (Å²) in [5.74, 6) is 1.70. The molecule has 0 aromatic heterocycles. The molecule has 15 heavy (non-hydrogen) atoms. The van der Waals surface area contributed by atoms with E-state index in [2.05, 4.69) is 0 Å². The van der Waals surface area contributed by atoms with Crippen molar-refractivity contribution in [3.63, 3.8) is 0 Å². The summed E-state index contributed by atoms with van der Waals surface area (Å²) in [5, 5.41) is 0. The van der Waals surface area contributed by atoms with Gasteiger partial charge in [0.2, 0.25) is 0 Å². The van der Waals surface area contributed by atoms with Crippen LogP contribution in [0.25, 0.3) is 0 Å². The van der Waals surface area contributed by atoms with Gasteiger partial charge in [-0.15, -0.1) is 0 Å². The van der Waals surface area contributed by atoms with Gasteiger partial charge in [-0.05, 0) is 24.3 Å². The summed E-state index contributed by atoms with van der Waals surface area (Å²) in [6.07, 6.45) is 0. The average Bonchev–Trinajstić information content (AvgIpc) is 2.32. The molecule has 0 radical (unpaired) electrons. The number of benzene rings is 2. The molecule has 0 amide bonds. The fourth-order valence-corrected chi connectivity index (χ4v) is 1.72. The van der Waals surface area contributed by atoms with Gasteiger partial charge in [0.05, 0.1) is 0 Å². The van der Waals surface area contributed by atoms with Gasteiger partial charge in [0, 0.05) is 0 Å². The normalized spacial score (nSPS) is 9.60. The minimum Gasteiger partial charge on any atom is -0.315 e. The predicted octanol–water partition coefficient (Wildman–Crippen LogP) is 3.39. The lowest BCUT2D eigenvalue weighted by atomic mass is 10.3. The van der Waals surface area contributed by atoms with Crippen molar-refractivity contribution in [1.82, 2.24) is 0 Å². The largest absolute Gasteiger partial charge is 0.340 e. The van der Waals surface area contributed by atoms with Gasteiger partial charge < -0.3 is 9.05 Å². The maximum absolute atomic E-state index is 5.47. The van der Waals surface area contributed by atoms with Gasteiger partial charge in [0.1, 0.15) is 0 Å². The van der Waals surface area contributed by atoms with Crippen molar-refractivity contribution in [2.75, 3.05) is 0 Å². The molecular formula is C12H12O2P+. The van der Waals surface area contributed by atoms with Gasteiger partial charge in [-0.25, -0.2) is 0 Å². The smallest absolute Gasteiger partial charge is 0.315 e. The Morgan fingerprint density at radius 3 is 1.40 bits per heavy atom. The van der Waals surface area contributed by atoms with E-state index in [1.807, 2.05) is 60.7 Å². The zero-order valence-corrected chi connectivity index (χ0v) is 9.32. The quantitative estimate of drug-likeness (QED) is 0.734. The first kappa shape index (κ1) is 10.0. The standard InChI is InChI=1S/C12H12O2P/c1-3-7-11(8-4-1)13-15-14-12-9-5-2-6-10-12/h1-10H,15H2/q+1. The Morgan fingerprint density at radius 1 is 0.600 bits per heavy atom. The molecule has 0 heterocycles. The van der Waals surface area contributed by atoms with Crippen molar-refractivity contribution < 1.29 is 9.05 Å². The highest BCUT2D eigenvalue weighted by Gasteiger charge is 1.99. The number of rotatable bonds is 4. The Morgan fingerprint density at radius 2 is 1.00 bits per heavy atom. The van der Waals surface area contributed by atoms with Crippen LogP contribution in [0, 0.1) is 0 Å². The Kier molecular flexibility index (Phi) is 3.58. The van der Waals surface area contributed by atoms with Crippen LogP contribution in [-0.4, -0.2) is 0 Å². The fourth-order valence-electron chi connectivity index (χ4n) is 1.13. The molecule has 0 aliphatic carbocycles. The molecule has 0 saturated heterocycles. The van der Waals surface area contributed by atoms with Crippen molar-refractivity contribution in [2.24, 2.45) is 0 Å². The van der Waals surface area contributed by atoms with E-state index >= 15 is 0 Å². The van der Waals surface area contributed by atoms with Crippen LogP contribution in [0.2, 0.25) is 0 Å². The van der Waals surface area contributed by atoms with Gasteiger partial charge in [-0.2, -0.15) is 0 Å². The van der Waals surface area contributed by atoms with Gasteiger partial charge in [0.25, 0.3) is 0 Å². The van der Waals surface area contributed by atoms with Crippen molar-refractivity contribution in [3.05, 3.63) is 60.7 Å². The average molecular weight is 219 g/mol. The van der Waals surface area contributed by atoms with Gasteiger partial charge in [-0.1, -0.05) is 36.4 Å². The molecule has 0 bridgehead atoms. The molecule has 3 heteroatoms. The van der Waals surface area contributed by atoms with Crippen LogP contribution < -0.4 is 9.05 Å². The molecule has 0 unspecified atom stereocenters. The van der Waals surface area contributed by atoms with Gasteiger partial charge >= 0.3 is 9.03 Å². The molecule has 0 aliphatic heterocycles. The molecule has 0 fully saturated rings. The Hall–Kier alpha value is -1.53. The second kappa shape index (κ2) is 5.38. The third-order valence-corrected chi connectivity index (χ3v) is 2.59. The second-order valence-electron chi connectivity index (χ2n) is 2.96. The monoisotopic (exact) mass is 219 g/mol. The van der Waals surface area contributed by atoms with E-state index in [0.717, 1.165) is 11.5 Å². The first-order valence-electron chi connectivity index (χ1n) is 4.70. The predicted molar refractivity (Wildman–Crippen MR) is 63.9 cm³/mol. The molecule has 0 saturated carbocycles. The zero-order chi connectivity index (χ0) is 10.3. The molecule has 0 spiro atoms. The van der Waals surface area contributed by atoms with Crippen LogP contribution in [0.3, 0.4) is 0 Å². The summed E-state index contributed by atoms with van der Waals surface area (Å²) in [7, 11) is -0.499. The molecule has 0 aliphatic rings. The van der Waals surface area contributed by atoms with Crippen LogP contribution in [0.1, 0.15) is 0 Å². The van der Waals surface area contributed by atoms with Gasteiger partial charge in [-0.3, -0.25) is 0 Å². The first-order chi connectivity index (χ1) is 7.45. The van der Waals surface area contributed by atoms with Crippen LogP contribution in [-0.2, 0) is 0 Å². The van der Waals surface area contributed by atoms with Crippen LogP contribution in [0.4, 0.5) is 0 Å². The van der Waals surface area contributed by atoms with E-state index in [0.29, 0.717) is 0 Å². The summed E-state index contributed by atoms with van der Waals surface area (Å²) in [4.78, 5) is 0. The zero-order valence-electron chi connectivity index (χ0n) is 8.17. The number of hydrogen-bond donors (Lipinski definition) is 0. The SMILES string of the molecule is c1ccc(O[PH2+]Oc2ccccc2)cc1. The molecule has 76 valence electrons. The summed E-state index contributed by atoms with van der Waals surface area (Å²) in [5.41, 5.74) is 0. The maximum Gasteiger partial charge on any atom is 0.340 e. The van der Waals surface area contributed by atoms with Crippen molar-refractivity contribution in [3.8, 4) is 11.5 Å². The molecule has 2 rings (SSSR count). The molecular weight excluding hydrogens is 207 g/mol. The highest BCUT2D eigenvalue weighted by molar-refractivity contribution is 7.27. The molecule has 2 aromatic rings.